The summed E-state index contributed by atoms with van der Waals surface area (Å²) in [5, 5.41) is 0. The zero-order valence-corrected chi connectivity index (χ0v) is 9.76. The molecule has 1 heterocycles. The van der Waals surface area contributed by atoms with E-state index in [1.54, 1.807) is 0 Å². The van der Waals surface area contributed by atoms with Gasteiger partial charge in [0.05, 0.1) is 0 Å². The molecule has 1 aromatic rings. The predicted molar refractivity (Wildman–Crippen MR) is 64.0 cm³/mol. The average Bonchev–Trinajstić information content (AvgIpc) is 2.70. The Labute approximate surface area is 93.6 Å². The molecule has 1 saturated heterocycles. The summed E-state index contributed by atoms with van der Waals surface area (Å²) < 4.78 is 1.14. The van der Waals surface area contributed by atoms with E-state index in [-0.39, 0.29) is 0 Å². The quantitative estimate of drug-likeness (QED) is 0.778. The van der Waals surface area contributed by atoms with Crippen LogP contribution in [0.5, 0.6) is 0 Å². The van der Waals surface area contributed by atoms with Crippen molar-refractivity contribution in [3.63, 3.8) is 0 Å². The molecule has 74 valence electrons. The van der Waals surface area contributed by atoms with Crippen molar-refractivity contribution in [2.75, 3.05) is 13.1 Å². The third-order valence-corrected chi connectivity index (χ3v) is 3.36. The highest BCUT2D eigenvalue weighted by molar-refractivity contribution is 9.10. The molecule has 0 spiro atoms. The van der Waals surface area contributed by atoms with Gasteiger partial charge in [0.2, 0.25) is 0 Å². The van der Waals surface area contributed by atoms with Crippen molar-refractivity contribution in [1.82, 2.24) is 4.90 Å². The molecule has 0 aliphatic carbocycles. The van der Waals surface area contributed by atoms with Gasteiger partial charge in [-0.15, -0.1) is 0 Å². The molecule has 1 aliphatic heterocycles. The van der Waals surface area contributed by atoms with Crippen LogP contribution in [0.25, 0.3) is 5.70 Å². The van der Waals surface area contributed by atoms with Crippen LogP contribution in [-0.2, 0) is 0 Å². The molecule has 0 amide bonds. The van der Waals surface area contributed by atoms with Gasteiger partial charge >= 0.3 is 0 Å². The highest BCUT2D eigenvalue weighted by Crippen LogP contribution is 2.27. The first-order valence-electron chi connectivity index (χ1n) is 4.98. The number of nitrogens with zero attached hydrogens (tertiary/aromatic N) is 1. The molecule has 0 unspecified atom stereocenters. The van der Waals surface area contributed by atoms with Crippen LogP contribution in [-0.4, -0.2) is 18.0 Å². The summed E-state index contributed by atoms with van der Waals surface area (Å²) in [6.07, 6.45) is 2.59. The molecule has 14 heavy (non-hydrogen) atoms. The summed E-state index contributed by atoms with van der Waals surface area (Å²) >= 11 is 3.56. The van der Waals surface area contributed by atoms with E-state index >= 15 is 0 Å². The minimum absolute atomic E-state index is 1.14. The van der Waals surface area contributed by atoms with Crippen molar-refractivity contribution in [2.24, 2.45) is 0 Å². The molecule has 1 fully saturated rings. The van der Waals surface area contributed by atoms with Crippen LogP contribution in [0, 0.1) is 0 Å². The Kier molecular flexibility index (Phi) is 2.92. The summed E-state index contributed by atoms with van der Waals surface area (Å²) in [4.78, 5) is 2.36. The van der Waals surface area contributed by atoms with Gasteiger partial charge < -0.3 is 4.90 Å². The van der Waals surface area contributed by atoms with Crippen LogP contribution in [0.4, 0.5) is 0 Å². The van der Waals surface area contributed by atoms with Crippen LogP contribution in [0.3, 0.4) is 0 Å². The second-order valence-electron chi connectivity index (χ2n) is 3.62. The van der Waals surface area contributed by atoms with Gasteiger partial charge in [0.15, 0.2) is 0 Å². The van der Waals surface area contributed by atoms with E-state index < -0.39 is 0 Å². The van der Waals surface area contributed by atoms with E-state index in [1.807, 2.05) is 6.07 Å². The maximum Gasteiger partial charge on any atom is 0.0378 e. The molecular weight excluding hydrogens is 238 g/mol. The Morgan fingerprint density at radius 2 is 1.86 bits per heavy atom. The fourth-order valence-corrected chi connectivity index (χ4v) is 2.37. The highest BCUT2D eigenvalue weighted by Gasteiger charge is 2.15. The van der Waals surface area contributed by atoms with Gasteiger partial charge in [-0.25, -0.2) is 0 Å². The van der Waals surface area contributed by atoms with Crippen LogP contribution in [0.15, 0.2) is 35.3 Å². The molecule has 1 aliphatic rings. The van der Waals surface area contributed by atoms with Gasteiger partial charge in [-0.2, -0.15) is 0 Å². The minimum atomic E-state index is 1.14. The molecular formula is C12H14BrN. The fraction of sp³-hybridized carbons (Fsp3) is 0.333. The Hall–Kier alpha value is -0.760. The van der Waals surface area contributed by atoms with Gasteiger partial charge in [0, 0.05) is 28.8 Å². The third-order valence-electron chi connectivity index (χ3n) is 2.67. The molecule has 1 aromatic carbocycles. The van der Waals surface area contributed by atoms with Gasteiger partial charge in [0.25, 0.3) is 0 Å². The Bertz CT molecular complexity index is 340. The SMILES string of the molecule is C=C(c1ccccc1Br)N1CCCC1. The molecule has 0 radical (unpaired) electrons. The van der Waals surface area contributed by atoms with Gasteiger partial charge in [-0.3, -0.25) is 0 Å². The summed E-state index contributed by atoms with van der Waals surface area (Å²) in [6.45, 7) is 6.47. The van der Waals surface area contributed by atoms with E-state index in [0.717, 1.165) is 23.3 Å². The second kappa shape index (κ2) is 4.18. The zero-order chi connectivity index (χ0) is 9.97. The first kappa shape index (κ1) is 9.78. The number of hydrogen-bond donors (Lipinski definition) is 0. The van der Waals surface area contributed by atoms with E-state index in [0.29, 0.717) is 0 Å². The molecule has 2 heteroatoms. The van der Waals surface area contributed by atoms with Crippen molar-refractivity contribution in [3.8, 4) is 0 Å². The molecule has 0 N–H and O–H groups in total. The number of halogens is 1. The molecule has 0 atom stereocenters. The first-order chi connectivity index (χ1) is 6.79. The van der Waals surface area contributed by atoms with Crippen LogP contribution in [0.1, 0.15) is 18.4 Å². The van der Waals surface area contributed by atoms with E-state index in [9.17, 15) is 0 Å². The third kappa shape index (κ3) is 1.85. The molecule has 0 saturated carbocycles. The summed E-state index contributed by atoms with van der Waals surface area (Å²) in [7, 11) is 0. The monoisotopic (exact) mass is 251 g/mol. The molecule has 1 nitrogen and oxygen atoms in total. The van der Waals surface area contributed by atoms with Crippen molar-refractivity contribution in [3.05, 3.63) is 40.9 Å². The Morgan fingerprint density at radius 3 is 2.50 bits per heavy atom. The highest BCUT2D eigenvalue weighted by atomic mass is 79.9. The first-order valence-corrected chi connectivity index (χ1v) is 5.77. The smallest absolute Gasteiger partial charge is 0.0378 e. The normalized spacial score (nSPS) is 15.9. The Morgan fingerprint density at radius 1 is 1.21 bits per heavy atom. The molecule has 0 bridgehead atoms. The lowest BCUT2D eigenvalue weighted by Gasteiger charge is -2.21. The lowest BCUT2D eigenvalue weighted by Crippen LogP contribution is -2.16. The fourth-order valence-electron chi connectivity index (χ4n) is 1.85. The van der Waals surface area contributed by atoms with Crippen LogP contribution >= 0.6 is 15.9 Å². The number of benzene rings is 1. The number of likely N-dealkylation sites (tertiary alicyclic amines) is 1. The lowest BCUT2D eigenvalue weighted by molar-refractivity contribution is 0.494. The summed E-state index contributed by atoms with van der Waals surface area (Å²) in [6, 6.07) is 8.27. The van der Waals surface area contributed by atoms with Gasteiger partial charge in [-0.1, -0.05) is 40.7 Å². The van der Waals surface area contributed by atoms with E-state index in [1.165, 1.54) is 18.4 Å². The topological polar surface area (TPSA) is 3.24 Å². The maximum atomic E-state index is 4.16. The predicted octanol–water partition coefficient (Wildman–Crippen LogP) is 3.52. The second-order valence-corrected chi connectivity index (χ2v) is 4.48. The van der Waals surface area contributed by atoms with Crippen LogP contribution in [0.2, 0.25) is 0 Å². The molecule has 2 rings (SSSR count). The van der Waals surface area contributed by atoms with Crippen molar-refractivity contribution in [1.29, 1.82) is 0 Å². The Balaban J connectivity index is 2.22. The van der Waals surface area contributed by atoms with Gasteiger partial charge in [-0.05, 0) is 18.9 Å². The van der Waals surface area contributed by atoms with Crippen molar-refractivity contribution < 1.29 is 0 Å². The summed E-state index contributed by atoms with van der Waals surface area (Å²) in [5.41, 5.74) is 2.37. The van der Waals surface area contributed by atoms with E-state index in [2.05, 4.69) is 45.6 Å². The van der Waals surface area contributed by atoms with Crippen LogP contribution < -0.4 is 0 Å². The number of hydrogen-bond acceptors (Lipinski definition) is 1. The maximum absolute atomic E-state index is 4.16. The van der Waals surface area contributed by atoms with Crippen molar-refractivity contribution in [2.45, 2.75) is 12.8 Å². The zero-order valence-electron chi connectivity index (χ0n) is 8.17. The largest absolute Gasteiger partial charge is 0.371 e. The summed E-state index contributed by atoms with van der Waals surface area (Å²) in [5.74, 6) is 0. The minimum Gasteiger partial charge on any atom is -0.371 e. The lowest BCUT2D eigenvalue weighted by atomic mass is 10.1. The average molecular weight is 252 g/mol. The van der Waals surface area contributed by atoms with Gasteiger partial charge in [0.1, 0.15) is 0 Å². The molecule has 0 aromatic heterocycles. The number of rotatable bonds is 2. The standard InChI is InChI=1S/C12H14BrN/c1-10(14-8-4-5-9-14)11-6-2-3-7-12(11)13/h2-3,6-7H,1,4-5,8-9H2. The van der Waals surface area contributed by atoms with Crippen molar-refractivity contribution >= 4 is 21.6 Å². The van der Waals surface area contributed by atoms with E-state index in [4.69, 9.17) is 0 Å².